The molecule has 0 fully saturated rings. The lowest BCUT2D eigenvalue weighted by molar-refractivity contribution is -0.499. The Labute approximate surface area is 64.8 Å². The summed E-state index contributed by atoms with van der Waals surface area (Å²) in [6.07, 6.45) is 4.93. The summed E-state index contributed by atoms with van der Waals surface area (Å²) in [6, 6.07) is 0. The summed E-state index contributed by atoms with van der Waals surface area (Å²) in [5.74, 6) is 0.922. The minimum Gasteiger partial charge on any atom is -0.242 e. The molecule has 0 bridgehead atoms. The van der Waals surface area contributed by atoms with Gasteiger partial charge in [-0.3, -0.25) is 0 Å². The minimum absolute atomic E-state index is 0.922. The highest BCUT2D eigenvalue weighted by molar-refractivity contribution is 5.51. The van der Waals surface area contributed by atoms with Crippen LogP contribution in [-0.4, -0.2) is 24.4 Å². The Hall–Kier alpha value is -0.330. The Bertz CT molecular complexity index is 105. The van der Waals surface area contributed by atoms with Gasteiger partial charge in [-0.05, 0) is 5.92 Å². The lowest BCUT2D eigenvalue weighted by Gasteiger charge is -2.10. The summed E-state index contributed by atoms with van der Waals surface area (Å²) in [4.78, 5) is 0. The van der Waals surface area contributed by atoms with Gasteiger partial charge in [-0.1, -0.05) is 20.8 Å². The molecular weight excluding hydrogens is 122 g/mol. The molecule has 1 nitrogen and oxygen atoms in total. The van der Waals surface area contributed by atoms with Gasteiger partial charge in [-0.15, -0.1) is 0 Å². The molecule has 0 aromatic carbocycles. The Kier molecular flexibility index (Phi) is 5.27. The van der Waals surface area contributed by atoms with E-state index in [-0.39, 0.29) is 0 Å². The molecule has 60 valence electrons. The summed E-state index contributed by atoms with van der Waals surface area (Å²) in [5, 5.41) is 0. The molecule has 0 spiro atoms. The fraction of sp³-hybridized carbons (Fsp3) is 0.889. The molecule has 0 amide bonds. The third-order valence-electron chi connectivity index (χ3n) is 1.79. The maximum Gasteiger partial charge on any atom is 0.142 e. The Balaban J connectivity index is 0.000000371. The molecule has 0 aromatic rings. The molecule has 1 aliphatic heterocycles. The Morgan fingerprint density at radius 2 is 2.00 bits per heavy atom. The first-order chi connectivity index (χ1) is 4.79. The maximum absolute atomic E-state index is 2.31. The highest BCUT2D eigenvalue weighted by Gasteiger charge is 2.10. The van der Waals surface area contributed by atoms with Crippen molar-refractivity contribution >= 4 is 6.21 Å². The first kappa shape index (κ1) is 9.67. The van der Waals surface area contributed by atoms with Crippen molar-refractivity contribution in [1.29, 1.82) is 0 Å². The molecule has 10 heavy (non-hydrogen) atoms. The van der Waals surface area contributed by atoms with E-state index in [0.717, 1.165) is 5.92 Å². The van der Waals surface area contributed by atoms with Crippen molar-refractivity contribution in [3.05, 3.63) is 0 Å². The van der Waals surface area contributed by atoms with Gasteiger partial charge < -0.3 is 0 Å². The summed E-state index contributed by atoms with van der Waals surface area (Å²) in [6.45, 7) is 7.56. The van der Waals surface area contributed by atoms with Gasteiger partial charge in [0, 0.05) is 12.8 Å². The SMILES string of the molecule is CC.CC1CC=[N+](C)CC1. The number of hydrogen-bond donors (Lipinski definition) is 0. The molecule has 0 aromatic heterocycles. The molecule has 1 aliphatic rings. The van der Waals surface area contributed by atoms with Crippen LogP contribution in [0.25, 0.3) is 0 Å². The average Bonchev–Trinajstić information content (AvgIpc) is 2.00. The van der Waals surface area contributed by atoms with Crippen LogP contribution in [-0.2, 0) is 0 Å². The van der Waals surface area contributed by atoms with E-state index in [9.17, 15) is 0 Å². The fourth-order valence-electron chi connectivity index (χ4n) is 0.993. The number of rotatable bonds is 0. The van der Waals surface area contributed by atoms with Crippen molar-refractivity contribution < 1.29 is 4.58 Å². The third kappa shape index (κ3) is 3.65. The lowest BCUT2D eigenvalue weighted by atomic mass is 10.0. The van der Waals surface area contributed by atoms with Crippen LogP contribution in [0, 0.1) is 5.92 Å². The van der Waals surface area contributed by atoms with Crippen molar-refractivity contribution in [2.24, 2.45) is 5.92 Å². The van der Waals surface area contributed by atoms with Crippen LogP contribution in [0.1, 0.15) is 33.6 Å². The highest BCUT2D eigenvalue weighted by atomic mass is 15.0. The van der Waals surface area contributed by atoms with Crippen molar-refractivity contribution in [1.82, 2.24) is 0 Å². The topological polar surface area (TPSA) is 3.01 Å². The second kappa shape index (κ2) is 5.45. The molecule has 1 unspecified atom stereocenters. The van der Waals surface area contributed by atoms with Gasteiger partial charge in [0.05, 0.1) is 0 Å². The van der Waals surface area contributed by atoms with Gasteiger partial charge in [0.1, 0.15) is 19.8 Å². The monoisotopic (exact) mass is 142 g/mol. The van der Waals surface area contributed by atoms with E-state index in [1.165, 1.54) is 19.4 Å². The van der Waals surface area contributed by atoms with Gasteiger partial charge in [-0.25, -0.2) is 4.58 Å². The van der Waals surface area contributed by atoms with Crippen molar-refractivity contribution in [3.63, 3.8) is 0 Å². The summed E-state index contributed by atoms with van der Waals surface area (Å²) < 4.78 is 2.28. The third-order valence-corrected chi connectivity index (χ3v) is 1.79. The van der Waals surface area contributed by atoms with Gasteiger partial charge in [0.15, 0.2) is 0 Å². The first-order valence-electron chi connectivity index (χ1n) is 4.32. The van der Waals surface area contributed by atoms with Crippen molar-refractivity contribution in [2.75, 3.05) is 13.6 Å². The van der Waals surface area contributed by atoms with E-state index >= 15 is 0 Å². The first-order valence-corrected chi connectivity index (χ1v) is 4.32. The second-order valence-corrected chi connectivity index (χ2v) is 2.79. The lowest BCUT2D eigenvalue weighted by Crippen LogP contribution is -2.18. The van der Waals surface area contributed by atoms with Gasteiger partial charge in [0.25, 0.3) is 0 Å². The molecule has 0 saturated carbocycles. The predicted octanol–water partition coefficient (Wildman–Crippen LogP) is 2.16. The molecule has 1 rings (SSSR count). The summed E-state index contributed by atoms with van der Waals surface area (Å²) in [7, 11) is 2.14. The molecule has 0 radical (unpaired) electrons. The van der Waals surface area contributed by atoms with Crippen LogP contribution in [0.5, 0.6) is 0 Å². The van der Waals surface area contributed by atoms with Crippen LogP contribution in [0.4, 0.5) is 0 Å². The molecule has 0 aliphatic carbocycles. The molecule has 0 saturated heterocycles. The molecule has 1 heteroatoms. The fourth-order valence-corrected chi connectivity index (χ4v) is 0.993. The average molecular weight is 142 g/mol. The minimum atomic E-state index is 0.922. The van der Waals surface area contributed by atoms with Crippen LogP contribution in [0.3, 0.4) is 0 Å². The second-order valence-electron chi connectivity index (χ2n) is 2.79. The van der Waals surface area contributed by atoms with Crippen LogP contribution in [0.2, 0.25) is 0 Å². The van der Waals surface area contributed by atoms with E-state index < -0.39 is 0 Å². The van der Waals surface area contributed by atoms with Crippen LogP contribution in [0.15, 0.2) is 0 Å². The zero-order chi connectivity index (χ0) is 7.98. The quantitative estimate of drug-likeness (QED) is 0.456. The number of hydrogen-bond acceptors (Lipinski definition) is 0. The summed E-state index contributed by atoms with van der Waals surface area (Å²) in [5.41, 5.74) is 0. The Morgan fingerprint density at radius 1 is 1.40 bits per heavy atom. The van der Waals surface area contributed by atoms with Crippen molar-refractivity contribution in [2.45, 2.75) is 33.6 Å². The predicted molar refractivity (Wildman–Crippen MR) is 46.9 cm³/mol. The molecule has 1 heterocycles. The van der Waals surface area contributed by atoms with Gasteiger partial charge in [-0.2, -0.15) is 0 Å². The molecule has 0 N–H and O–H groups in total. The highest BCUT2D eigenvalue weighted by Crippen LogP contribution is 2.08. The summed E-state index contributed by atoms with van der Waals surface area (Å²) >= 11 is 0. The Morgan fingerprint density at radius 3 is 2.30 bits per heavy atom. The van der Waals surface area contributed by atoms with Gasteiger partial charge >= 0.3 is 0 Å². The zero-order valence-electron chi connectivity index (χ0n) is 7.72. The van der Waals surface area contributed by atoms with Crippen LogP contribution < -0.4 is 0 Å². The maximum atomic E-state index is 2.31. The van der Waals surface area contributed by atoms with E-state index in [1.54, 1.807) is 0 Å². The van der Waals surface area contributed by atoms with E-state index in [4.69, 9.17) is 0 Å². The van der Waals surface area contributed by atoms with E-state index in [1.807, 2.05) is 13.8 Å². The zero-order valence-corrected chi connectivity index (χ0v) is 7.72. The largest absolute Gasteiger partial charge is 0.242 e. The van der Waals surface area contributed by atoms with Crippen LogP contribution >= 0.6 is 0 Å². The molecule has 1 atom stereocenters. The smallest absolute Gasteiger partial charge is 0.142 e. The normalized spacial score (nSPS) is 24.4. The standard InChI is InChI=1S/C7H14N.C2H6/c1-7-3-5-8(2)6-4-7;1-2/h5,7H,3-4,6H2,1-2H3;1-2H3/q+1;. The van der Waals surface area contributed by atoms with E-state index in [0.29, 0.717) is 0 Å². The van der Waals surface area contributed by atoms with E-state index in [2.05, 4.69) is 24.8 Å². The van der Waals surface area contributed by atoms with Gasteiger partial charge in [0.2, 0.25) is 0 Å². The molecular formula is C9H20N+. The number of nitrogens with zero attached hydrogens (tertiary/aromatic N) is 1. The van der Waals surface area contributed by atoms with Crippen molar-refractivity contribution in [3.8, 4) is 0 Å².